The van der Waals surface area contributed by atoms with Crippen molar-refractivity contribution in [2.45, 2.75) is 18.9 Å². The Morgan fingerprint density at radius 1 is 0.636 bits per heavy atom. The summed E-state index contributed by atoms with van der Waals surface area (Å²) in [5.41, 5.74) is 12.5. The van der Waals surface area contributed by atoms with Gasteiger partial charge in [0.1, 0.15) is 0 Å². The predicted octanol–water partition coefficient (Wildman–Crippen LogP) is 5.92. The van der Waals surface area contributed by atoms with Gasteiger partial charge in [0.25, 0.3) is 0 Å². The normalized spacial score (nSPS) is 16.7. The molecule has 1 atom stereocenters. The molecule has 0 N–H and O–H groups in total. The van der Waals surface area contributed by atoms with Gasteiger partial charge in [0.2, 0.25) is 11.4 Å². The van der Waals surface area contributed by atoms with Gasteiger partial charge in [-0.05, 0) is 57.3 Å². The molecule has 2 heteroatoms. The number of aromatic nitrogens is 2. The lowest BCUT2D eigenvalue weighted by Gasteiger charge is -2.21. The quantitative estimate of drug-likeness (QED) is 0.296. The van der Waals surface area contributed by atoms with Crippen LogP contribution < -0.4 is 9.13 Å². The number of rotatable bonds is 1. The molecular weight excluding hydrogens is 400 g/mol. The largest absolute Gasteiger partial charge is 0.218 e. The van der Waals surface area contributed by atoms with E-state index in [1.165, 1.54) is 61.2 Å². The molecule has 1 aliphatic carbocycles. The van der Waals surface area contributed by atoms with E-state index < -0.39 is 0 Å². The lowest BCUT2D eigenvalue weighted by molar-refractivity contribution is -0.687. The molecular formula is C31H22N2+2. The Labute approximate surface area is 192 Å². The number of fused-ring (bicyclic) bond motifs is 11. The molecule has 2 nitrogen and oxygen atoms in total. The van der Waals surface area contributed by atoms with Gasteiger partial charge in [-0.1, -0.05) is 36.4 Å². The van der Waals surface area contributed by atoms with Crippen LogP contribution in [0, 0.1) is 0 Å². The van der Waals surface area contributed by atoms with Gasteiger partial charge >= 0.3 is 0 Å². The van der Waals surface area contributed by atoms with Crippen LogP contribution in [-0.4, -0.2) is 0 Å². The van der Waals surface area contributed by atoms with Crippen LogP contribution in [0.4, 0.5) is 0 Å². The lowest BCUT2D eigenvalue weighted by atomic mass is 9.83. The van der Waals surface area contributed by atoms with Crippen molar-refractivity contribution < 1.29 is 9.13 Å². The highest BCUT2D eigenvalue weighted by Crippen LogP contribution is 2.52. The molecule has 0 saturated carbocycles. The monoisotopic (exact) mass is 422 g/mol. The van der Waals surface area contributed by atoms with E-state index >= 15 is 0 Å². The highest BCUT2D eigenvalue weighted by Gasteiger charge is 2.45. The van der Waals surface area contributed by atoms with E-state index in [4.69, 9.17) is 0 Å². The van der Waals surface area contributed by atoms with Crippen LogP contribution in [0.25, 0.3) is 50.1 Å². The zero-order valence-corrected chi connectivity index (χ0v) is 18.2. The molecule has 0 bridgehead atoms. The molecule has 2 aromatic heterocycles. The van der Waals surface area contributed by atoms with Crippen LogP contribution in [0.5, 0.6) is 0 Å². The Hall–Kier alpha value is -4.04. The van der Waals surface area contributed by atoms with Crippen LogP contribution in [0.2, 0.25) is 0 Å². The first-order chi connectivity index (χ1) is 16.4. The molecule has 4 heterocycles. The van der Waals surface area contributed by atoms with Gasteiger partial charge in [-0.15, -0.1) is 0 Å². The van der Waals surface area contributed by atoms with Gasteiger partial charge in [-0.25, -0.2) is 0 Å². The van der Waals surface area contributed by atoms with Gasteiger partial charge < -0.3 is 0 Å². The van der Waals surface area contributed by atoms with E-state index in [9.17, 15) is 0 Å². The number of allylic oxidation sites excluding steroid dienone is 2. The third-order valence-electron chi connectivity index (χ3n) is 7.64. The number of aryl methyl sites for hydroxylation is 2. The van der Waals surface area contributed by atoms with Gasteiger partial charge in [0.15, 0.2) is 24.6 Å². The number of nitrogens with zero attached hydrogens (tertiary/aromatic N) is 2. The standard InChI is InChI=1S/C31H22N2/c1-3-16-32-18-15-24-21(27(32)11-1)14-13-20-7-5-8-22(30(20)24)23-9-6-10-25-28-12-2-4-17-33(28)29-19-26(29)31(23)25/h1-14,16-17,19,26H,15,18H2/q+2. The average Bonchev–Trinajstić information content (AvgIpc) is 3.69. The van der Waals surface area contributed by atoms with Gasteiger partial charge in [0.05, 0.1) is 17.0 Å². The van der Waals surface area contributed by atoms with Gasteiger partial charge in [0, 0.05) is 36.8 Å². The van der Waals surface area contributed by atoms with Crippen LogP contribution in [0.15, 0.2) is 103 Å². The minimum atomic E-state index is 0.419. The van der Waals surface area contributed by atoms with Crippen molar-refractivity contribution in [1.29, 1.82) is 0 Å². The molecule has 0 fully saturated rings. The first kappa shape index (κ1) is 17.5. The average molecular weight is 423 g/mol. The summed E-state index contributed by atoms with van der Waals surface area (Å²) < 4.78 is 4.74. The molecule has 2 aliphatic heterocycles. The van der Waals surface area contributed by atoms with Crippen molar-refractivity contribution in [1.82, 2.24) is 0 Å². The van der Waals surface area contributed by atoms with Gasteiger partial charge in [-0.3, -0.25) is 0 Å². The molecule has 0 spiro atoms. The highest BCUT2D eigenvalue weighted by atomic mass is 15.0. The first-order valence-electron chi connectivity index (χ1n) is 11.8. The number of hydrogen-bond donors (Lipinski definition) is 0. The summed E-state index contributed by atoms with van der Waals surface area (Å²) in [7, 11) is 0. The fourth-order valence-electron chi connectivity index (χ4n) is 6.16. The van der Waals surface area contributed by atoms with Crippen molar-refractivity contribution in [3.8, 4) is 33.6 Å². The third-order valence-corrected chi connectivity index (χ3v) is 7.64. The van der Waals surface area contributed by atoms with E-state index in [1.54, 1.807) is 0 Å². The Balaban J connectivity index is 1.43. The second kappa shape index (κ2) is 6.26. The maximum absolute atomic E-state index is 2.41. The van der Waals surface area contributed by atoms with Crippen molar-refractivity contribution in [2.24, 2.45) is 0 Å². The van der Waals surface area contributed by atoms with E-state index in [0.717, 1.165) is 13.0 Å². The summed E-state index contributed by atoms with van der Waals surface area (Å²) in [5.74, 6) is 0.419. The van der Waals surface area contributed by atoms with Crippen molar-refractivity contribution in [3.05, 3.63) is 115 Å². The second-order valence-corrected chi connectivity index (χ2v) is 9.32. The molecule has 154 valence electrons. The first-order valence-corrected chi connectivity index (χ1v) is 11.8. The molecule has 33 heavy (non-hydrogen) atoms. The third kappa shape index (κ3) is 2.33. The van der Waals surface area contributed by atoms with Crippen LogP contribution in [0.3, 0.4) is 0 Å². The summed E-state index contributed by atoms with van der Waals surface area (Å²) >= 11 is 0. The minimum absolute atomic E-state index is 0.419. The number of pyridine rings is 2. The van der Waals surface area contributed by atoms with Gasteiger partial charge in [-0.2, -0.15) is 9.13 Å². The Kier molecular flexibility index (Phi) is 3.32. The predicted molar refractivity (Wildman–Crippen MR) is 131 cm³/mol. The molecule has 3 aliphatic rings. The summed E-state index contributed by atoms with van der Waals surface area (Å²) in [4.78, 5) is 0. The Bertz CT molecular complexity index is 1670. The summed E-state index contributed by atoms with van der Waals surface area (Å²) in [6.45, 7) is 1.03. The SMILES string of the molecule is C1=C2C1c1c(-c3cccc4ccc5c(c34)CC[n+]3ccccc3-5)cccc1-c1cccc[n+]12. The summed E-state index contributed by atoms with van der Waals surface area (Å²) in [6.07, 6.45) is 7.87. The zero-order valence-electron chi connectivity index (χ0n) is 18.2. The van der Waals surface area contributed by atoms with Crippen molar-refractivity contribution >= 4 is 16.5 Å². The van der Waals surface area contributed by atoms with Crippen LogP contribution in [0.1, 0.15) is 17.0 Å². The fourth-order valence-corrected chi connectivity index (χ4v) is 6.16. The topological polar surface area (TPSA) is 7.76 Å². The van der Waals surface area contributed by atoms with E-state index in [-0.39, 0.29) is 0 Å². The maximum Gasteiger partial charge on any atom is 0.218 e. The van der Waals surface area contributed by atoms with Crippen molar-refractivity contribution in [2.75, 3.05) is 0 Å². The van der Waals surface area contributed by atoms with E-state index in [1.807, 2.05) is 0 Å². The van der Waals surface area contributed by atoms with Crippen LogP contribution in [-0.2, 0) is 13.0 Å². The Morgan fingerprint density at radius 3 is 2.42 bits per heavy atom. The van der Waals surface area contributed by atoms with Crippen LogP contribution >= 0.6 is 0 Å². The molecule has 0 amide bonds. The second-order valence-electron chi connectivity index (χ2n) is 9.32. The smallest absolute Gasteiger partial charge is 0.198 e. The summed E-state index contributed by atoms with van der Waals surface area (Å²) in [5, 5.41) is 2.76. The van der Waals surface area contributed by atoms with Crippen molar-refractivity contribution in [3.63, 3.8) is 0 Å². The molecule has 0 radical (unpaired) electrons. The summed E-state index contributed by atoms with van der Waals surface area (Å²) in [6, 6.07) is 31.4. The molecule has 3 aromatic carbocycles. The molecule has 5 aromatic rings. The molecule has 0 saturated heterocycles. The minimum Gasteiger partial charge on any atom is -0.198 e. The maximum atomic E-state index is 2.41. The van der Waals surface area contributed by atoms with E-state index in [0.29, 0.717) is 5.92 Å². The highest BCUT2D eigenvalue weighted by molar-refractivity contribution is 6.04. The lowest BCUT2D eigenvalue weighted by Crippen LogP contribution is -2.39. The molecule has 1 unspecified atom stereocenters. The number of benzene rings is 3. The van der Waals surface area contributed by atoms with E-state index in [2.05, 4.69) is 113 Å². The molecule has 8 rings (SSSR count). The fraction of sp³-hybridized carbons (Fsp3) is 0.0968. The zero-order chi connectivity index (χ0) is 21.5. The Morgan fingerprint density at radius 2 is 1.45 bits per heavy atom. The number of hydrogen-bond acceptors (Lipinski definition) is 0.